The van der Waals surface area contributed by atoms with Crippen LogP contribution in [0.5, 0.6) is 0 Å². The van der Waals surface area contributed by atoms with Crippen molar-refractivity contribution in [2.45, 2.75) is 20.8 Å². The normalized spacial score (nSPS) is 10.9. The Morgan fingerprint density at radius 2 is 1.82 bits per heavy atom. The first kappa shape index (κ1) is 11.7. The van der Waals surface area contributed by atoms with Crippen LogP contribution in [0, 0.1) is 20.8 Å². The van der Waals surface area contributed by atoms with Crippen molar-refractivity contribution < 1.29 is 4.79 Å². The second kappa shape index (κ2) is 3.91. The second-order valence-electron chi connectivity index (χ2n) is 4.83. The first-order valence-electron chi connectivity index (χ1n) is 5.73. The van der Waals surface area contributed by atoms with E-state index in [0.29, 0.717) is 0 Å². The van der Waals surface area contributed by atoms with Gasteiger partial charge in [0.25, 0.3) is 5.91 Å². The fraction of sp³-hybridized carbons (Fsp3) is 0.357. The van der Waals surface area contributed by atoms with Crippen LogP contribution < -0.4 is 0 Å². The summed E-state index contributed by atoms with van der Waals surface area (Å²) >= 11 is 0. The summed E-state index contributed by atoms with van der Waals surface area (Å²) in [6.07, 6.45) is 0. The molecule has 0 fully saturated rings. The molecular formula is C14H18N2O. The maximum absolute atomic E-state index is 12.2. The number of fused-ring (bicyclic) bond motifs is 1. The summed E-state index contributed by atoms with van der Waals surface area (Å²) in [5, 5.41) is 1.05. The zero-order chi connectivity index (χ0) is 12.7. The molecule has 90 valence electrons. The van der Waals surface area contributed by atoms with Crippen molar-refractivity contribution in [2.75, 3.05) is 14.1 Å². The zero-order valence-electron chi connectivity index (χ0n) is 11.0. The molecule has 1 heterocycles. The highest BCUT2D eigenvalue weighted by Gasteiger charge is 2.18. The molecule has 0 aliphatic carbocycles. The smallest absolute Gasteiger partial charge is 0.255 e. The Bertz CT molecular complexity index is 594. The van der Waals surface area contributed by atoms with E-state index in [1.54, 1.807) is 19.0 Å². The molecule has 0 spiro atoms. The van der Waals surface area contributed by atoms with Gasteiger partial charge >= 0.3 is 0 Å². The number of benzene rings is 1. The lowest BCUT2D eigenvalue weighted by molar-refractivity contribution is 0.0829. The second-order valence-corrected chi connectivity index (χ2v) is 4.83. The van der Waals surface area contributed by atoms with Gasteiger partial charge in [0.05, 0.1) is 5.56 Å². The number of aromatic amines is 1. The van der Waals surface area contributed by atoms with Gasteiger partial charge in [0.1, 0.15) is 0 Å². The molecule has 17 heavy (non-hydrogen) atoms. The molecule has 1 aromatic carbocycles. The zero-order valence-corrected chi connectivity index (χ0v) is 11.0. The summed E-state index contributed by atoms with van der Waals surface area (Å²) < 4.78 is 0. The number of hydrogen-bond donors (Lipinski definition) is 1. The van der Waals surface area contributed by atoms with Crippen molar-refractivity contribution in [3.05, 3.63) is 34.5 Å². The average molecular weight is 230 g/mol. The molecule has 1 amide bonds. The average Bonchev–Trinajstić information content (AvgIpc) is 2.53. The largest absolute Gasteiger partial charge is 0.358 e. The van der Waals surface area contributed by atoms with Gasteiger partial charge in [0.2, 0.25) is 0 Å². The third-order valence-electron chi connectivity index (χ3n) is 3.05. The number of carbonyl (C=O) groups is 1. The minimum atomic E-state index is 0.0562. The lowest BCUT2D eigenvalue weighted by Gasteiger charge is -2.11. The minimum Gasteiger partial charge on any atom is -0.358 e. The van der Waals surface area contributed by atoms with E-state index >= 15 is 0 Å². The molecule has 0 aliphatic heterocycles. The Hall–Kier alpha value is -1.77. The Morgan fingerprint density at radius 1 is 1.18 bits per heavy atom. The van der Waals surface area contributed by atoms with Crippen molar-refractivity contribution in [1.29, 1.82) is 0 Å². The number of nitrogens with zero attached hydrogens (tertiary/aromatic N) is 1. The van der Waals surface area contributed by atoms with Gasteiger partial charge in [-0.3, -0.25) is 4.79 Å². The fourth-order valence-electron chi connectivity index (χ4n) is 2.34. The van der Waals surface area contributed by atoms with E-state index in [4.69, 9.17) is 0 Å². The Morgan fingerprint density at radius 3 is 2.41 bits per heavy atom. The fourth-order valence-corrected chi connectivity index (χ4v) is 2.34. The molecule has 0 aliphatic rings. The standard InChI is InChI=1S/C14H18N2O/c1-8-6-9(2)12-11(7-8)15-10(3)13(12)14(17)16(4)5/h6-7,15H,1-5H3. The number of nitrogens with one attached hydrogen (secondary N) is 1. The van der Waals surface area contributed by atoms with Gasteiger partial charge in [0.15, 0.2) is 0 Å². The van der Waals surface area contributed by atoms with E-state index < -0.39 is 0 Å². The number of H-pyrrole nitrogens is 1. The van der Waals surface area contributed by atoms with Crippen molar-refractivity contribution >= 4 is 16.8 Å². The van der Waals surface area contributed by atoms with E-state index in [1.807, 2.05) is 6.92 Å². The maximum Gasteiger partial charge on any atom is 0.255 e. The predicted octanol–water partition coefficient (Wildman–Crippen LogP) is 2.79. The Balaban J connectivity index is 2.80. The number of hydrogen-bond acceptors (Lipinski definition) is 1. The molecule has 2 rings (SSSR count). The number of rotatable bonds is 1. The number of carbonyl (C=O) groups excluding carboxylic acids is 1. The van der Waals surface area contributed by atoms with Gasteiger partial charge in [-0.2, -0.15) is 0 Å². The third-order valence-corrected chi connectivity index (χ3v) is 3.05. The number of amides is 1. The third kappa shape index (κ3) is 1.82. The summed E-state index contributed by atoms with van der Waals surface area (Å²) in [5.41, 5.74) is 5.13. The summed E-state index contributed by atoms with van der Waals surface area (Å²) in [5.74, 6) is 0.0562. The van der Waals surface area contributed by atoms with Crippen molar-refractivity contribution in [3.63, 3.8) is 0 Å². The van der Waals surface area contributed by atoms with Crippen LogP contribution in [-0.4, -0.2) is 29.9 Å². The number of aromatic nitrogens is 1. The van der Waals surface area contributed by atoms with E-state index in [1.165, 1.54) is 5.56 Å². The van der Waals surface area contributed by atoms with Gasteiger partial charge in [-0.25, -0.2) is 0 Å². The van der Waals surface area contributed by atoms with Crippen LogP contribution in [0.25, 0.3) is 10.9 Å². The van der Waals surface area contributed by atoms with E-state index in [2.05, 4.69) is 31.0 Å². The lowest BCUT2D eigenvalue weighted by Crippen LogP contribution is -2.22. The van der Waals surface area contributed by atoms with Crippen LogP contribution in [-0.2, 0) is 0 Å². The monoisotopic (exact) mass is 230 g/mol. The molecule has 2 aromatic rings. The highest BCUT2D eigenvalue weighted by Crippen LogP contribution is 2.27. The molecule has 0 unspecified atom stereocenters. The predicted molar refractivity (Wildman–Crippen MR) is 70.5 cm³/mol. The molecule has 1 aromatic heterocycles. The van der Waals surface area contributed by atoms with Crippen molar-refractivity contribution in [3.8, 4) is 0 Å². The van der Waals surface area contributed by atoms with Gasteiger partial charge in [-0.1, -0.05) is 6.07 Å². The van der Waals surface area contributed by atoms with Crippen LogP contribution in [0.1, 0.15) is 27.2 Å². The van der Waals surface area contributed by atoms with E-state index in [-0.39, 0.29) is 5.91 Å². The first-order chi connectivity index (χ1) is 7.91. The van der Waals surface area contributed by atoms with Crippen molar-refractivity contribution in [2.24, 2.45) is 0 Å². The van der Waals surface area contributed by atoms with Crippen LogP contribution in [0.3, 0.4) is 0 Å². The SMILES string of the molecule is Cc1cc(C)c2c(C(=O)N(C)C)c(C)[nH]c2c1. The molecule has 0 atom stereocenters. The van der Waals surface area contributed by atoms with Crippen LogP contribution in [0.2, 0.25) is 0 Å². The van der Waals surface area contributed by atoms with Gasteiger partial charge in [-0.15, -0.1) is 0 Å². The molecular weight excluding hydrogens is 212 g/mol. The minimum absolute atomic E-state index is 0.0562. The molecule has 3 heteroatoms. The summed E-state index contributed by atoms with van der Waals surface area (Å²) in [6.45, 7) is 6.07. The highest BCUT2D eigenvalue weighted by molar-refractivity contribution is 6.09. The van der Waals surface area contributed by atoms with Crippen LogP contribution in [0.15, 0.2) is 12.1 Å². The van der Waals surface area contributed by atoms with E-state index in [9.17, 15) is 4.79 Å². The van der Waals surface area contributed by atoms with Crippen LogP contribution in [0.4, 0.5) is 0 Å². The summed E-state index contributed by atoms with van der Waals surface area (Å²) in [4.78, 5) is 17.1. The van der Waals surface area contributed by atoms with Crippen molar-refractivity contribution in [1.82, 2.24) is 9.88 Å². The summed E-state index contributed by atoms with van der Waals surface area (Å²) in [7, 11) is 3.56. The van der Waals surface area contributed by atoms with Gasteiger partial charge in [-0.05, 0) is 38.0 Å². The Labute approximate surface area is 101 Å². The highest BCUT2D eigenvalue weighted by atomic mass is 16.2. The van der Waals surface area contributed by atoms with Gasteiger partial charge in [0, 0.05) is 30.7 Å². The topological polar surface area (TPSA) is 36.1 Å². The first-order valence-corrected chi connectivity index (χ1v) is 5.73. The molecule has 0 radical (unpaired) electrons. The number of aryl methyl sites for hydroxylation is 3. The molecule has 0 saturated heterocycles. The van der Waals surface area contributed by atoms with E-state index in [0.717, 1.165) is 27.7 Å². The molecule has 3 nitrogen and oxygen atoms in total. The molecule has 0 saturated carbocycles. The molecule has 1 N–H and O–H groups in total. The van der Waals surface area contributed by atoms with Crippen LogP contribution >= 0.6 is 0 Å². The lowest BCUT2D eigenvalue weighted by atomic mass is 10.0. The molecule has 0 bridgehead atoms. The quantitative estimate of drug-likeness (QED) is 0.803. The van der Waals surface area contributed by atoms with Gasteiger partial charge < -0.3 is 9.88 Å². The maximum atomic E-state index is 12.2. The Kier molecular flexibility index (Phi) is 2.69. The summed E-state index contributed by atoms with van der Waals surface area (Å²) in [6, 6.07) is 4.20.